The molecule has 1 aliphatic rings. The third kappa shape index (κ3) is 1.15. The summed E-state index contributed by atoms with van der Waals surface area (Å²) in [5, 5.41) is 0.669. The summed E-state index contributed by atoms with van der Waals surface area (Å²) >= 11 is 5.98. The predicted molar refractivity (Wildman–Crippen MR) is 65.1 cm³/mol. The average Bonchev–Trinajstić information content (AvgIpc) is 2.54. The first kappa shape index (κ1) is 9.61. The van der Waals surface area contributed by atoms with Crippen molar-refractivity contribution in [3.8, 4) is 11.1 Å². The van der Waals surface area contributed by atoms with Gasteiger partial charge in [0, 0.05) is 16.1 Å². The molecule has 2 heteroatoms. The normalized spacial score (nSPS) is 12.5. The molecule has 0 N–H and O–H groups in total. The van der Waals surface area contributed by atoms with E-state index in [1.807, 2.05) is 31.2 Å². The van der Waals surface area contributed by atoms with E-state index in [4.69, 9.17) is 11.6 Å². The number of benzene rings is 2. The topological polar surface area (TPSA) is 17.1 Å². The third-order valence-corrected chi connectivity index (χ3v) is 3.25. The molecule has 0 unspecified atom stereocenters. The van der Waals surface area contributed by atoms with E-state index >= 15 is 0 Å². The van der Waals surface area contributed by atoms with Crippen molar-refractivity contribution in [2.75, 3.05) is 0 Å². The van der Waals surface area contributed by atoms with Crippen LogP contribution in [0.25, 0.3) is 11.1 Å². The van der Waals surface area contributed by atoms with Crippen LogP contribution in [0.1, 0.15) is 21.5 Å². The summed E-state index contributed by atoms with van der Waals surface area (Å²) in [6, 6.07) is 11.2. The zero-order valence-corrected chi connectivity index (χ0v) is 9.51. The highest BCUT2D eigenvalue weighted by atomic mass is 35.5. The number of fused-ring (bicyclic) bond motifs is 3. The fraction of sp³-hybridized carbons (Fsp3) is 0.0714. The summed E-state index contributed by atoms with van der Waals surface area (Å²) in [4.78, 5) is 12.1. The third-order valence-electron chi connectivity index (χ3n) is 3.01. The number of carbonyl (C=O) groups excluding carboxylic acids is 1. The quantitative estimate of drug-likeness (QED) is 0.571. The van der Waals surface area contributed by atoms with Crippen molar-refractivity contribution in [3.05, 3.63) is 58.1 Å². The summed E-state index contributed by atoms with van der Waals surface area (Å²) in [5.74, 6) is 0.102. The summed E-state index contributed by atoms with van der Waals surface area (Å²) in [6.07, 6.45) is 0. The van der Waals surface area contributed by atoms with Gasteiger partial charge in [0.05, 0.1) is 0 Å². The molecule has 0 saturated carbocycles. The first-order valence-electron chi connectivity index (χ1n) is 5.13. The highest BCUT2D eigenvalue weighted by Crippen LogP contribution is 2.39. The van der Waals surface area contributed by atoms with Gasteiger partial charge in [0.25, 0.3) is 0 Å². The molecule has 1 nitrogen and oxygen atoms in total. The molecule has 3 rings (SSSR count). The molecular formula is C14H9ClO. The number of carbonyl (C=O) groups is 1. The Bertz CT molecular complexity index is 614. The lowest BCUT2D eigenvalue weighted by Crippen LogP contribution is -1.94. The zero-order valence-electron chi connectivity index (χ0n) is 8.75. The second-order valence-electron chi connectivity index (χ2n) is 4.02. The molecule has 0 bridgehead atoms. The molecule has 16 heavy (non-hydrogen) atoms. The fourth-order valence-electron chi connectivity index (χ4n) is 2.28. The SMILES string of the molecule is Cc1cccc2c1-c1cc(Cl)ccc1C2=O. The second-order valence-corrected chi connectivity index (χ2v) is 4.45. The minimum atomic E-state index is 0.102. The molecule has 78 valence electrons. The van der Waals surface area contributed by atoms with Crippen LogP contribution in [0.15, 0.2) is 36.4 Å². The van der Waals surface area contributed by atoms with Gasteiger partial charge in [-0.3, -0.25) is 4.79 Å². The van der Waals surface area contributed by atoms with Crippen molar-refractivity contribution in [1.82, 2.24) is 0 Å². The van der Waals surface area contributed by atoms with Crippen LogP contribution < -0.4 is 0 Å². The number of hydrogen-bond acceptors (Lipinski definition) is 1. The van der Waals surface area contributed by atoms with Gasteiger partial charge in [0.2, 0.25) is 0 Å². The molecule has 0 heterocycles. The molecule has 2 aromatic rings. The molecule has 0 aliphatic heterocycles. The van der Waals surface area contributed by atoms with Gasteiger partial charge in [-0.25, -0.2) is 0 Å². The van der Waals surface area contributed by atoms with Gasteiger partial charge in [-0.15, -0.1) is 0 Å². The number of aryl methyl sites for hydroxylation is 1. The van der Waals surface area contributed by atoms with E-state index in [2.05, 4.69) is 0 Å². The summed E-state index contributed by atoms with van der Waals surface area (Å²) in [6.45, 7) is 2.02. The maximum Gasteiger partial charge on any atom is 0.194 e. The van der Waals surface area contributed by atoms with Crippen LogP contribution >= 0.6 is 11.6 Å². The Labute approximate surface area is 98.7 Å². The van der Waals surface area contributed by atoms with Crippen LogP contribution in [0.5, 0.6) is 0 Å². The Hall–Kier alpha value is -1.60. The van der Waals surface area contributed by atoms with Crippen molar-refractivity contribution in [3.63, 3.8) is 0 Å². The Morgan fingerprint density at radius 1 is 1.00 bits per heavy atom. The second kappa shape index (κ2) is 3.19. The molecule has 0 saturated heterocycles. The van der Waals surface area contributed by atoms with Crippen LogP contribution in [0.4, 0.5) is 0 Å². The summed E-state index contributed by atoms with van der Waals surface area (Å²) in [7, 11) is 0. The Morgan fingerprint density at radius 3 is 2.62 bits per heavy atom. The fourth-order valence-corrected chi connectivity index (χ4v) is 2.45. The molecular weight excluding hydrogens is 220 g/mol. The average molecular weight is 229 g/mol. The van der Waals surface area contributed by atoms with Gasteiger partial charge in [-0.2, -0.15) is 0 Å². The maximum atomic E-state index is 12.1. The number of ketones is 1. The van der Waals surface area contributed by atoms with Gasteiger partial charge >= 0.3 is 0 Å². The van der Waals surface area contributed by atoms with Gasteiger partial charge in [0.1, 0.15) is 0 Å². The van der Waals surface area contributed by atoms with Crippen molar-refractivity contribution in [2.45, 2.75) is 6.92 Å². The lowest BCUT2D eigenvalue weighted by molar-refractivity contribution is 0.104. The first-order valence-corrected chi connectivity index (χ1v) is 5.50. The van der Waals surface area contributed by atoms with Crippen molar-refractivity contribution < 1.29 is 4.79 Å². The van der Waals surface area contributed by atoms with Crippen LogP contribution in [0, 0.1) is 6.92 Å². The predicted octanol–water partition coefficient (Wildman–Crippen LogP) is 3.86. The van der Waals surface area contributed by atoms with E-state index < -0.39 is 0 Å². The van der Waals surface area contributed by atoms with Crippen LogP contribution in [0.2, 0.25) is 5.02 Å². The minimum absolute atomic E-state index is 0.102. The highest BCUT2D eigenvalue weighted by molar-refractivity contribution is 6.32. The molecule has 1 aliphatic carbocycles. The molecule has 0 spiro atoms. The van der Waals surface area contributed by atoms with Crippen molar-refractivity contribution in [2.24, 2.45) is 0 Å². The highest BCUT2D eigenvalue weighted by Gasteiger charge is 2.27. The van der Waals surface area contributed by atoms with Gasteiger partial charge in [0.15, 0.2) is 5.78 Å². The van der Waals surface area contributed by atoms with E-state index in [0.717, 1.165) is 27.8 Å². The lowest BCUT2D eigenvalue weighted by atomic mass is 10.0. The van der Waals surface area contributed by atoms with Crippen LogP contribution in [-0.2, 0) is 0 Å². The van der Waals surface area contributed by atoms with E-state index in [9.17, 15) is 4.79 Å². The molecule has 0 amide bonds. The molecule has 0 aromatic heterocycles. The van der Waals surface area contributed by atoms with Gasteiger partial charge in [-0.05, 0) is 41.8 Å². The van der Waals surface area contributed by atoms with E-state index in [1.54, 1.807) is 12.1 Å². The minimum Gasteiger partial charge on any atom is -0.289 e. The molecule has 0 fully saturated rings. The summed E-state index contributed by atoms with van der Waals surface area (Å²) in [5.41, 5.74) is 4.66. The standard InChI is InChI=1S/C14H9ClO/c1-8-3-2-4-11-13(8)12-7-9(15)5-6-10(12)14(11)16/h2-7H,1H3. The largest absolute Gasteiger partial charge is 0.289 e. The molecule has 0 radical (unpaired) electrons. The smallest absolute Gasteiger partial charge is 0.194 e. The lowest BCUT2D eigenvalue weighted by Gasteiger charge is -2.03. The van der Waals surface area contributed by atoms with E-state index in [1.165, 1.54) is 0 Å². The molecule has 2 aromatic carbocycles. The van der Waals surface area contributed by atoms with Crippen molar-refractivity contribution in [1.29, 1.82) is 0 Å². The number of rotatable bonds is 0. The number of hydrogen-bond donors (Lipinski definition) is 0. The monoisotopic (exact) mass is 228 g/mol. The first-order chi connectivity index (χ1) is 7.68. The van der Waals surface area contributed by atoms with Crippen LogP contribution in [0.3, 0.4) is 0 Å². The van der Waals surface area contributed by atoms with Gasteiger partial charge < -0.3 is 0 Å². The number of halogens is 1. The van der Waals surface area contributed by atoms with Gasteiger partial charge in [-0.1, -0.05) is 29.8 Å². The summed E-state index contributed by atoms with van der Waals surface area (Å²) < 4.78 is 0. The van der Waals surface area contributed by atoms with Crippen molar-refractivity contribution >= 4 is 17.4 Å². The Balaban J connectivity index is 2.43. The Kier molecular flexibility index (Phi) is 1.92. The zero-order chi connectivity index (χ0) is 11.3. The van der Waals surface area contributed by atoms with E-state index in [0.29, 0.717) is 5.02 Å². The maximum absolute atomic E-state index is 12.1. The molecule has 0 atom stereocenters. The van der Waals surface area contributed by atoms with Crippen LogP contribution in [-0.4, -0.2) is 5.78 Å². The Morgan fingerprint density at radius 2 is 1.81 bits per heavy atom. The van der Waals surface area contributed by atoms with E-state index in [-0.39, 0.29) is 5.78 Å².